The highest BCUT2D eigenvalue weighted by molar-refractivity contribution is 5.82. The van der Waals surface area contributed by atoms with E-state index in [0.717, 1.165) is 6.42 Å². The second-order valence-electron chi connectivity index (χ2n) is 4.90. The van der Waals surface area contributed by atoms with Gasteiger partial charge in [0, 0.05) is 25.4 Å². The molecule has 1 aliphatic rings. The third-order valence-corrected chi connectivity index (χ3v) is 3.12. The summed E-state index contributed by atoms with van der Waals surface area (Å²) in [5, 5.41) is 13.8. The molecule has 18 heavy (non-hydrogen) atoms. The summed E-state index contributed by atoms with van der Waals surface area (Å²) in [7, 11) is 0. The SMILES string of the molecule is CC(CNC(=O)CCNC(=O)C1CC1C)C(=O)O. The molecule has 1 aliphatic carbocycles. The highest BCUT2D eigenvalue weighted by Crippen LogP contribution is 2.37. The van der Waals surface area contributed by atoms with E-state index in [-0.39, 0.29) is 30.7 Å². The number of carbonyl (C=O) groups is 3. The number of carboxylic acid groups (broad SMARTS) is 1. The van der Waals surface area contributed by atoms with Gasteiger partial charge in [-0.2, -0.15) is 0 Å². The zero-order valence-corrected chi connectivity index (χ0v) is 10.7. The molecule has 0 heterocycles. The molecule has 6 heteroatoms. The highest BCUT2D eigenvalue weighted by Gasteiger charge is 2.38. The molecule has 0 aromatic carbocycles. The lowest BCUT2D eigenvalue weighted by Gasteiger charge is -2.08. The van der Waals surface area contributed by atoms with Gasteiger partial charge in [-0.3, -0.25) is 14.4 Å². The third-order valence-electron chi connectivity index (χ3n) is 3.12. The van der Waals surface area contributed by atoms with Crippen molar-refractivity contribution in [1.82, 2.24) is 10.6 Å². The van der Waals surface area contributed by atoms with E-state index in [9.17, 15) is 14.4 Å². The normalized spacial score (nSPS) is 23.0. The number of aliphatic carboxylic acids is 1. The van der Waals surface area contributed by atoms with Gasteiger partial charge in [0.25, 0.3) is 0 Å². The molecule has 0 radical (unpaired) electrons. The number of carboxylic acids is 1. The van der Waals surface area contributed by atoms with Crippen LogP contribution in [0.25, 0.3) is 0 Å². The number of hydrogen-bond donors (Lipinski definition) is 3. The lowest BCUT2D eigenvalue weighted by atomic mass is 10.2. The van der Waals surface area contributed by atoms with E-state index in [1.807, 2.05) is 6.92 Å². The summed E-state index contributed by atoms with van der Waals surface area (Å²) < 4.78 is 0. The minimum atomic E-state index is -0.939. The van der Waals surface area contributed by atoms with E-state index < -0.39 is 11.9 Å². The average Bonchev–Trinajstić information content (AvgIpc) is 3.03. The predicted octanol–water partition coefficient (Wildman–Crippen LogP) is -0.0144. The smallest absolute Gasteiger partial charge is 0.308 e. The molecule has 0 saturated heterocycles. The van der Waals surface area contributed by atoms with Crippen LogP contribution in [-0.4, -0.2) is 36.0 Å². The van der Waals surface area contributed by atoms with E-state index in [2.05, 4.69) is 10.6 Å². The number of rotatable bonds is 7. The highest BCUT2D eigenvalue weighted by atomic mass is 16.4. The van der Waals surface area contributed by atoms with Crippen molar-refractivity contribution in [2.45, 2.75) is 26.7 Å². The fourth-order valence-corrected chi connectivity index (χ4v) is 1.56. The molecule has 0 aromatic heterocycles. The van der Waals surface area contributed by atoms with Crippen LogP contribution in [0.5, 0.6) is 0 Å². The van der Waals surface area contributed by atoms with Gasteiger partial charge in [0.1, 0.15) is 0 Å². The van der Waals surface area contributed by atoms with Crippen molar-refractivity contribution in [1.29, 1.82) is 0 Å². The summed E-state index contributed by atoms with van der Waals surface area (Å²) in [4.78, 5) is 33.3. The summed E-state index contributed by atoms with van der Waals surface area (Å²) in [6, 6.07) is 0. The Bertz CT molecular complexity index is 343. The van der Waals surface area contributed by atoms with Crippen molar-refractivity contribution in [3.05, 3.63) is 0 Å². The molecule has 0 bridgehead atoms. The molecule has 3 unspecified atom stereocenters. The van der Waals surface area contributed by atoms with Crippen molar-refractivity contribution < 1.29 is 19.5 Å². The molecule has 3 N–H and O–H groups in total. The summed E-state index contributed by atoms with van der Waals surface area (Å²) in [5.41, 5.74) is 0. The van der Waals surface area contributed by atoms with Gasteiger partial charge in [-0.1, -0.05) is 13.8 Å². The first-order chi connectivity index (χ1) is 8.41. The first kappa shape index (κ1) is 14.5. The minimum Gasteiger partial charge on any atom is -0.481 e. The molecule has 3 atom stereocenters. The molecule has 1 fully saturated rings. The molecule has 0 aliphatic heterocycles. The number of carbonyl (C=O) groups excluding carboxylic acids is 2. The zero-order chi connectivity index (χ0) is 13.7. The fraction of sp³-hybridized carbons (Fsp3) is 0.750. The molecular weight excluding hydrogens is 236 g/mol. The molecule has 102 valence electrons. The monoisotopic (exact) mass is 256 g/mol. The van der Waals surface area contributed by atoms with Crippen molar-refractivity contribution in [2.75, 3.05) is 13.1 Å². The van der Waals surface area contributed by atoms with E-state index >= 15 is 0 Å². The van der Waals surface area contributed by atoms with Gasteiger partial charge < -0.3 is 15.7 Å². The summed E-state index contributed by atoms with van der Waals surface area (Å²) in [6.45, 7) is 3.96. The van der Waals surface area contributed by atoms with Crippen LogP contribution < -0.4 is 10.6 Å². The Morgan fingerprint density at radius 1 is 1.33 bits per heavy atom. The summed E-state index contributed by atoms with van der Waals surface area (Å²) >= 11 is 0. The lowest BCUT2D eigenvalue weighted by Crippen LogP contribution is -2.34. The topological polar surface area (TPSA) is 95.5 Å². The Morgan fingerprint density at radius 3 is 2.44 bits per heavy atom. The predicted molar refractivity (Wildman–Crippen MR) is 64.7 cm³/mol. The van der Waals surface area contributed by atoms with Crippen molar-refractivity contribution >= 4 is 17.8 Å². The van der Waals surface area contributed by atoms with Crippen LogP contribution in [0.15, 0.2) is 0 Å². The first-order valence-electron chi connectivity index (χ1n) is 6.19. The zero-order valence-electron chi connectivity index (χ0n) is 10.7. The van der Waals surface area contributed by atoms with Gasteiger partial charge in [0.05, 0.1) is 5.92 Å². The van der Waals surface area contributed by atoms with Crippen molar-refractivity contribution in [3.63, 3.8) is 0 Å². The Balaban J connectivity index is 2.06. The maximum absolute atomic E-state index is 11.4. The maximum Gasteiger partial charge on any atom is 0.308 e. The molecule has 6 nitrogen and oxygen atoms in total. The molecule has 0 aromatic rings. The number of amides is 2. The van der Waals surface area contributed by atoms with Gasteiger partial charge >= 0.3 is 5.97 Å². The van der Waals surface area contributed by atoms with Crippen LogP contribution >= 0.6 is 0 Å². The Hall–Kier alpha value is -1.59. The van der Waals surface area contributed by atoms with Crippen LogP contribution in [0, 0.1) is 17.8 Å². The van der Waals surface area contributed by atoms with E-state index in [4.69, 9.17) is 5.11 Å². The molecule has 2 amide bonds. The number of hydrogen-bond acceptors (Lipinski definition) is 3. The Morgan fingerprint density at radius 2 is 1.94 bits per heavy atom. The summed E-state index contributed by atoms with van der Waals surface area (Å²) in [5.74, 6) is -1.21. The second-order valence-corrected chi connectivity index (χ2v) is 4.90. The lowest BCUT2D eigenvalue weighted by molar-refractivity contribution is -0.141. The van der Waals surface area contributed by atoms with Gasteiger partial charge in [-0.15, -0.1) is 0 Å². The second kappa shape index (κ2) is 6.37. The summed E-state index contributed by atoms with van der Waals surface area (Å²) in [6.07, 6.45) is 1.10. The maximum atomic E-state index is 11.4. The minimum absolute atomic E-state index is 0.00852. The first-order valence-corrected chi connectivity index (χ1v) is 6.19. The van der Waals surface area contributed by atoms with Crippen LogP contribution in [0.1, 0.15) is 26.7 Å². The van der Waals surface area contributed by atoms with Gasteiger partial charge in [-0.05, 0) is 12.3 Å². The fourth-order valence-electron chi connectivity index (χ4n) is 1.56. The quantitative estimate of drug-likeness (QED) is 0.597. The molecule has 0 spiro atoms. The average molecular weight is 256 g/mol. The van der Waals surface area contributed by atoms with Crippen molar-refractivity contribution in [2.24, 2.45) is 17.8 Å². The Kier molecular flexibility index (Phi) is 5.12. The van der Waals surface area contributed by atoms with Gasteiger partial charge in [-0.25, -0.2) is 0 Å². The van der Waals surface area contributed by atoms with E-state index in [1.165, 1.54) is 6.92 Å². The van der Waals surface area contributed by atoms with Crippen LogP contribution in [0.2, 0.25) is 0 Å². The molecular formula is C12H20N2O4. The van der Waals surface area contributed by atoms with E-state index in [1.54, 1.807) is 0 Å². The standard InChI is InChI=1S/C12H20N2O4/c1-7-5-9(7)11(16)13-4-3-10(15)14-6-8(2)12(17)18/h7-9H,3-6H2,1-2H3,(H,13,16)(H,14,15)(H,17,18). The van der Waals surface area contributed by atoms with Crippen LogP contribution in [0.3, 0.4) is 0 Å². The number of nitrogens with one attached hydrogen (secondary N) is 2. The van der Waals surface area contributed by atoms with Gasteiger partial charge in [0.15, 0.2) is 0 Å². The van der Waals surface area contributed by atoms with Gasteiger partial charge in [0.2, 0.25) is 11.8 Å². The third kappa shape index (κ3) is 4.73. The van der Waals surface area contributed by atoms with Crippen LogP contribution in [-0.2, 0) is 14.4 Å². The van der Waals surface area contributed by atoms with E-state index in [0.29, 0.717) is 12.5 Å². The largest absolute Gasteiger partial charge is 0.481 e. The molecule has 1 saturated carbocycles. The van der Waals surface area contributed by atoms with Crippen LogP contribution in [0.4, 0.5) is 0 Å². The molecule has 1 rings (SSSR count). The Labute approximate surface area is 106 Å². The van der Waals surface area contributed by atoms with Crippen molar-refractivity contribution in [3.8, 4) is 0 Å².